The molecule has 2 aromatic carbocycles. The zero-order valence-corrected chi connectivity index (χ0v) is 24.1. The summed E-state index contributed by atoms with van der Waals surface area (Å²) in [6.45, 7) is 14.4. The van der Waals surface area contributed by atoms with Gasteiger partial charge in [-0.05, 0) is 68.6 Å². The number of hydrogen-bond donors (Lipinski definition) is 0. The molecule has 2 rings (SSSR count). The van der Waals surface area contributed by atoms with Gasteiger partial charge in [-0.1, -0.05) is 61.0 Å². The lowest BCUT2D eigenvalue weighted by atomic mass is 10.2. The molecule has 0 heterocycles. The minimum atomic E-state index is 0.106. The molecule has 0 saturated carbocycles. The van der Waals surface area contributed by atoms with Crippen LogP contribution >= 0.6 is 0 Å². The monoisotopic (exact) mass is 530 g/mol. The van der Waals surface area contributed by atoms with Gasteiger partial charge >= 0.3 is 0 Å². The first-order valence-electron chi connectivity index (χ1n) is 12.8. The van der Waals surface area contributed by atoms with Crippen molar-refractivity contribution in [2.24, 2.45) is 5.11 Å². The first-order chi connectivity index (χ1) is 18.7. The summed E-state index contributed by atoms with van der Waals surface area (Å²) >= 11 is 0. The summed E-state index contributed by atoms with van der Waals surface area (Å²) in [7, 11) is 0. The van der Waals surface area contributed by atoms with E-state index in [1.165, 1.54) is 0 Å². The summed E-state index contributed by atoms with van der Waals surface area (Å²) in [6, 6.07) is 16.0. The molecule has 0 aliphatic rings. The molecule has 0 saturated heterocycles. The van der Waals surface area contributed by atoms with Crippen molar-refractivity contribution in [2.45, 2.75) is 73.0 Å². The Kier molecular flexibility index (Phi) is 19.7. The normalized spacial score (nSPS) is 9.59. The highest BCUT2D eigenvalue weighted by molar-refractivity contribution is 5.49. The quantitative estimate of drug-likeness (QED) is 0.128. The smallest absolute Gasteiger partial charge is 0.148 e. The van der Waals surface area contributed by atoms with E-state index in [1.54, 1.807) is 0 Å². The van der Waals surface area contributed by atoms with Crippen molar-refractivity contribution in [3.05, 3.63) is 70.1 Å². The van der Waals surface area contributed by atoms with Crippen LogP contribution in [0.1, 0.15) is 52.7 Å². The Morgan fingerprint density at radius 3 is 1.56 bits per heavy atom. The molecule has 0 bridgehead atoms. The van der Waals surface area contributed by atoms with Gasteiger partial charge in [0.2, 0.25) is 0 Å². The van der Waals surface area contributed by atoms with E-state index in [1.807, 2.05) is 95.0 Å². The molecule has 208 valence electrons. The molecule has 0 aromatic heterocycles. The van der Waals surface area contributed by atoms with Gasteiger partial charge in [-0.15, -0.1) is 19.3 Å². The third-order valence-corrected chi connectivity index (χ3v) is 4.56. The summed E-state index contributed by atoms with van der Waals surface area (Å²) in [5.41, 5.74) is 11.0. The zero-order valence-electron chi connectivity index (χ0n) is 24.1. The molecule has 0 atom stereocenters. The van der Waals surface area contributed by atoms with Crippen LogP contribution in [0, 0.1) is 37.0 Å². The van der Waals surface area contributed by atoms with Crippen LogP contribution in [0.5, 0.6) is 5.75 Å². The Balaban J connectivity index is 0.000000621. The van der Waals surface area contributed by atoms with E-state index in [2.05, 4.69) is 27.8 Å². The first-order valence-corrected chi connectivity index (χ1v) is 12.8. The zero-order chi connectivity index (χ0) is 29.5. The fourth-order valence-corrected chi connectivity index (χ4v) is 2.70. The molecule has 0 unspecified atom stereocenters. The number of hydrogen-bond acceptors (Lipinski definition) is 5. The number of ether oxygens (including phenoxy) is 3. The topological polar surface area (TPSA) is 79.7 Å². The van der Waals surface area contributed by atoms with Crippen LogP contribution in [0.4, 0.5) is 5.69 Å². The molecule has 7 heteroatoms. The van der Waals surface area contributed by atoms with Gasteiger partial charge in [-0.3, -0.25) is 0 Å². The van der Waals surface area contributed by atoms with Crippen LogP contribution in [0.25, 0.3) is 10.4 Å². The Morgan fingerprint density at radius 1 is 0.769 bits per heavy atom. The maximum Gasteiger partial charge on any atom is 0.148 e. The minimum absolute atomic E-state index is 0.106. The standard InChI is InChI=1S/C16H19NO.C13H16O2.C3H7N3/c1-5-11-17(12-6-2)16-9-7-15(8-10-16)13-18-14(3)4;1-4-9-14-13-7-5-12(6-8-13)10-15-11(2)3;1-3(2)5-6-4/h1-2,7-10,14H,11-13H2,3-4H3;1,5-8,11H,9-10H2,2-3H3;3H,1-2H3. The Hall–Kier alpha value is -4.05. The number of terminal acetylenes is 3. The van der Waals surface area contributed by atoms with E-state index in [0.29, 0.717) is 32.9 Å². The van der Waals surface area contributed by atoms with Gasteiger partial charge in [0.05, 0.1) is 38.5 Å². The summed E-state index contributed by atoms with van der Waals surface area (Å²) < 4.78 is 16.3. The second-order valence-electron chi connectivity index (χ2n) is 9.09. The van der Waals surface area contributed by atoms with Crippen LogP contribution in [0.3, 0.4) is 0 Å². The first kappa shape index (κ1) is 35.0. The fourth-order valence-electron chi connectivity index (χ4n) is 2.70. The highest BCUT2D eigenvalue weighted by Crippen LogP contribution is 2.16. The third-order valence-electron chi connectivity index (χ3n) is 4.56. The third kappa shape index (κ3) is 18.8. The minimum Gasteiger partial charge on any atom is -0.481 e. The fraction of sp³-hybridized carbons (Fsp3) is 0.438. The molecule has 2 aromatic rings. The van der Waals surface area contributed by atoms with E-state index in [-0.39, 0.29) is 18.2 Å². The van der Waals surface area contributed by atoms with Crippen molar-refractivity contribution in [1.82, 2.24) is 0 Å². The van der Waals surface area contributed by atoms with Crippen molar-refractivity contribution in [3.8, 4) is 42.8 Å². The van der Waals surface area contributed by atoms with Gasteiger partial charge in [-0.2, -0.15) is 0 Å². The molecule has 0 aliphatic carbocycles. The van der Waals surface area contributed by atoms with Crippen LogP contribution < -0.4 is 9.64 Å². The molecular weight excluding hydrogens is 488 g/mol. The van der Waals surface area contributed by atoms with E-state index >= 15 is 0 Å². The molecule has 7 nitrogen and oxygen atoms in total. The molecule has 0 fully saturated rings. The predicted molar refractivity (Wildman–Crippen MR) is 161 cm³/mol. The molecule has 0 spiro atoms. The van der Waals surface area contributed by atoms with Gasteiger partial charge in [0.15, 0.2) is 0 Å². The summed E-state index contributed by atoms with van der Waals surface area (Å²) in [5.74, 6) is 8.44. The van der Waals surface area contributed by atoms with Crippen LogP contribution in [-0.4, -0.2) is 37.9 Å². The van der Waals surface area contributed by atoms with Gasteiger partial charge in [0, 0.05) is 16.6 Å². The van der Waals surface area contributed by atoms with E-state index < -0.39 is 0 Å². The SMILES string of the molecule is C#CCN(CC#C)c1ccc(COC(C)C)cc1.C#CCOc1ccc(COC(C)C)cc1.CC(C)N=[N+]=[N-]. The van der Waals surface area contributed by atoms with E-state index in [4.69, 9.17) is 39.0 Å². The number of azide groups is 1. The van der Waals surface area contributed by atoms with E-state index in [9.17, 15) is 0 Å². The molecule has 39 heavy (non-hydrogen) atoms. The summed E-state index contributed by atoms with van der Waals surface area (Å²) in [4.78, 5) is 4.54. The van der Waals surface area contributed by atoms with Crippen molar-refractivity contribution in [1.29, 1.82) is 0 Å². The van der Waals surface area contributed by atoms with Crippen molar-refractivity contribution in [3.63, 3.8) is 0 Å². The van der Waals surface area contributed by atoms with Gasteiger partial charge in [0.1, 0.15) is 12.4 Å². The Morgan fingerprint density at radius 2 is 1.23 bits per heavy atom. The average Bonchev–Trinajstić information content (AvgIpc) is 2.91. The number of rotatable bonds is 12. The largest absolute Gasteiger partial charge is 0.481 e. The second kappa shape index (κ2) is 22.0. The summed E-state index contributed by atoms with van der Waals surface area (Å²) in [6.07, 6.45) is 16.2. The van der Waals surface area contributed by atoms with Gasteiger partial charge in [0.25, 0.3) is 0 Å². The molecule has 0 aliphatic heterocycles. The van der Waals surface area contributed by atoms with Crippen molar-refractivity contribution in [2.75, 3.05) is 24.6 Å². The van der Waals surface area contributed by atoms with Gasteiger partial charge < -0.3 is 19.1 Å². The van der Waals surface area contributed by atoms with Crippen molar-refractivity contribution < 1.29 is 14.2 Å². The van der Waals surface area contributed by atoms with Crippen molar-refractivity contribution >= 4 is 5.69 Å². The van der Waals surface area contributed by atoms with Gasteiger partial charge in [-0.25, -0.2) is 0 Å². The second-order valence-corrected chi connectivity index (χ2v) is 9.09. The highest BCUT2D eigenvalue weighted by Gasteiger charge is 2.04. The number of anilines is 1. The van der Waals surface area contributed by atoms with Crippen LogP contribution in [0.15, 0.2) is 53.6 Å². The predicted octanol–water partition coefficient (Wildman–Crippen LogP) is 7.01. The summed E-state index contributed by atoms with van der Waals surface area (Å²) in [5, 5.41) is 3.31. The lowest BCUT2D eigenvalue weighted by Gasteiger charge is -2.19. The molecule has 0 amide bonds. The van der Waals surface area contributed by atoms with Crippen LogP contribution in [-0.2, 0) is 22.7 Å². The Bertz CT molecular complexity index is 1070. The number of benzene rings is 2. The molecular formula is C32H42N4O3. The molecule has 0 radical (unpaired) electrons. The van der Waals surface area contributed by atoms with E-state index in [0.717, 1.165) is 22.6 Å². The molecule has 0 N–H and O–H groups in total. The lowest BCUT2D eigenvalue weighted by molar-refractivity contribution is 0.0655. The average molecular weight is 531 g/mol. The maximum absolute atomic E-state index is 7.70. The lowest BCUT2D eigenvalue weighted by Crippen LogP contribution is -2.23. The Labute approximate surface area is 235 Å². The maximum atomic E-state index is 7.70. The number of nitrogens with zero attached hydrogens (tertiary/aromatic N) is 4. The highest BCUT2D eigenvalue weighted by atomic mass is 16.5. The van der Waals surface area contributed by atoms with Crippen LogP contribution in [0.2, 0.25) is 0 Å².